The summed E-state index contributed by atoms with van der Waals surface area (Å²) in [4.78, 5) is 3.70. The van der Waals surface area contributed by atoms with Crippen LogP contribution in [0, 0.1) is 5.82 Å². The molecule has 80 valence electrons. The molecule has 1 aromatic carbocycles. The number of rotatable bonds is 2. The topological polar surface area (TPSA) is 43.8 Å². The van der Waals surface area contributed by atoms with Crippen molar-refractivity contribution in [3.05, 3.63) is 24.0 Å². The van der Waals surface area contributed by atoms with Crippen molar-refractivity contribution in [1.82, 2.24) is 9.55 Å². The molecule has 3 nitrogen and oxygen atoms in total. The third kappa shape index (κ3) is 1.62. The molecule has 0 spiro atoms. The number of aromatic nitrogens is 2. The van der Waals surface area contributed by atoms with Gasteiger partial charge in [-0.15, -0.1) is 0 Å². The van der Waals surface area contributed by atoms with E-state index in [4.69, 9.17) is 5.73 Å². The molecule has 15 heavy (non-hydrogen) atoms. The van der Waals surface area contributed by atoms with E-state index in [1.807, 2.05) is 0 Å². The number of nitrogen functional groups attached to an aromatic ring is 1. The van der Waals surface area contributed by atoms with E-state index in [1.165, 1.54) is 18.2 Å². The first-order valence-corrected chi connectivity index (χ1v) is 4.28. The largest absolute Gasteiger partial charge is 0.369 e. The molecule has 1 heterocycles. The van der Waals surface area contributed by atoms with Gasteiger partial charge in [0.25, 0.3) is 6.43 Å². The molecule has 2 rings (SSSR count). The summed E-state index contributed by atoms with van der Waals surface area (Å²) in [5.41, 5.74) is 5.73. The van der Waals surface area contributed by atoms with Gasteiger partial charge in [-0.3, -0.25) is 0 Å². The highest BCUT2D eigenvalue weighted by molar-refractivity contribution is 5.78. The third-order valence-corrected chi connectivity index (χ3v) is 2.08. The molecule has 0 saturated carbocycles. The summed E-state index contributed by atoms with van der Waals surface area (Å²) in [7, 11) is 0. The second kappa shape index (κ2) is 3.45. The highest BCUT2D eigenvalue weighted by Gasteiger charge is 2.14. The van der Waals surface area contributed by atoms with Crippen LogP contribution in [-0.2, 0) is 6.54 Å². The molecule has 0 aliphatic rings. The minimum atomic E-state index is -2.55. The van der Waals surface area contributed by atoms with Crippen LogP contribution in [-0.4, -0.2) is 16.0 Å². The fourth-order valence-electron chi connectivity index (χ4n) is 1.46. The molecular formula is C9H8F3N3. The van der Waals surface area contributed by atoms with Gasteiger partial charge in [0.1, 0.15) is 5.52 Å². The second-order valence-electron chi connectivity index (χ2n) is 3.08. The zero-order chi connectivity index (χ0) is 11.0. The first-order valence-electron chi connectivity index (χ1n) is 4.28. The lowest BCUT2D eigenvalue weighted by molar-refractivity contribution is 0.128. The second-order valence-corrected chi connectivity index (χ2v) is 3.08. The molecule has 0 amide bonds. The number of hydrogen-bond donors (Lipinski definition) is 1. The summed E-state index contributed by atoms with van der Waals surface area (Å²) in [5, 5.41) is 0. The number of alkyl halides is 2. The lowest BCUT2D eigenvalue weighted by atomic mass is 10.3. The number of nitrogens with two attached hydrogens (primary N) is 1. The minimum absolute atomic E-state index is 0.0238. The van der Waals surface area contributed by atoms with Crippen LogP contribution in [0.5, 0.6) is 0 Å². The van der Waals surface area contributed by atoms with Crippen LogP contribution >= 0.6 is 0 Å². The maximum atomic E-state index is 13.2. The van der Waals surface area contributed by atoms with E-state index in [0.717, 1.165) is 4.57 Å². The third-order valence-electron chi connectivity index (χ3n) is 2.08. The van der Waals surface area contributed by atoms with Crippen LogP contribution in [0.4, 0.5) is 19.1 Å². The van der Waals surface area contributed by atoms with Crippen LogP contribution in [0.25, 0.3) is 11.0 Å². The van der Waals surface area contributed by atoms with Gasteiger partial charge < -0.3 is 10.3 Å². The molecule has 0 aliphatic carbocycles. The quantitative estimate of drug-likeness (QED) is 0.832. The summed E-state index contributed by atoms with van der Waals surface area (Å²) >= 11 is 0. The summed E-state index contributed by atoms with van der Waals surface area (Å²) in [6, 6.07) is 4.15. The molecule has 2 N–H and O–H groups in total. The fraction of sp³-hybridized carbons (Fsp3) is 0.222. The molecular weight excluding hydrogens is 207 g/mol. The van der Waals surface area contributed by atoms with Crippen molar-refractivity contribution in [3.8, 4) is 0 Å². The molecule has 1 aromatic heterocycles. The summed E-state index contributed by atoms with van der Waals surface area (Å²) in [5.74, 6) is -0.664. The van der Waals surface area contributed by atoms with Crippen molar-refractivity contribution in [3.63, 3.8) is 0 Å². The molecule has 0 bridgehead atoms. The molecule has 2 aromatic rings. The lowest BCUT2D eigenvalue weighted by Gasteiger charge is -2.04. The van der Waals surface area contributed by atoms with Crippen LogP contribution < -0.4 is 5.73 Å². The van der Waals surface area contributed by atoms with E-state index in [0.29, 0.717) is 0 Å². The summed E-state index contributed by atoms with van der Waals surface area (Å²) in [6.07, 6.45) is -2.55. The average Bonchev–Trinajstić information content (AvgIpc) is 2.45. The van der Waals surface area contributed by atoms with Gasteiger partial charge in [-0.2, -0.15) is 0 Å². The van der Waals surface area contributed by atoms with Gasteiger partial charge in [-0.1, -0.05) is 6.07 Å². The van der Waals surface area contributed by atoms with E-state index in [9.17, 15) is 13.2 Å². The Labute approximate surface area is 83.3 Å². The predicted molar refractivity (Wildman–Crippen MR) is 50.1 cm³/mol. The Hall–Kier alpha value is -1.72. The van der Waals surface area contributed by atoms with Crippen LogP contribution in [0.1, 0.15) is 0 Å². The standard InChI is InChI=1S/C9H8F3N3/c10-5-2-1-3-6-8(5)14-9(13)15(6)4-7(11)12/h1-3,7H,4H2,(H2,13,14). The Kier molecular flexibility index (Phi) is 2.26. The fourth-order valence-corrected chi connectivity index (χ4v) is 1.46. The molecule has 6 heteroatoms. The molecule has 0 atom stereocenters. The maximum absolute atomic E-state index is 13.2. The van der Waals surface area contributed by atoms with E-state index >= 15 is 0 Å². The highest BCUT2D eigenvalue weighted by Crippen LogP contribution is 2.21. The molecule has 0 fully saturated rings. The van der Waals surface area contributed by atoms with Crippen molar-refractivity contribution in [1.29, 1.82) is 0 Å². The molecule has 0 radical (unpaired) electrons. The first kappa shape index (κ1) is 9.82. The number of anilines is 1. The van der Waals surface area contributed by atoms with E-state index in [1.54, 1.807) is 0 Å². The maximum Gasteiger partial charge on any atom is 0.256 e. The molecule has 0 saturated heterocycles. The van der Waals surface area contributed by atoms with Gasteiger partial charge in [-0.05, 0) is 12.1 Å². The van der Waals surface area contributed by atoms with Gasteiger partial charge in [-0.25, -0.2) is 18.2 Å². The SMILES string of the molecule is Nc1nc2c(F)cccc2n1CC(F)F. The van der Waals surface area contributed by atoms with Crippen LogP contribution in [0.3, 0.4) is 0 Å². The number of halogens is 3. The summed E-state index contributed by atoms with van der Waals surface area (Å²) < 4.78 is 38.7. The lowest BCUT2D eigenvalue weighted by Crippen LogP contribution is -2.09. The van der Waals surface area contributed by atoms with Crippen LogP contribution in [0.15, 0.2) is 18.2 Å². The van der Waals surface area contributed by atoms with Crippen molar-refractivity contribution >= 4 is 17.0 Å². The van der Waals surface area contributed by atoms with E-state index < -0.39 is 18.8 Å². The Morgan fingerprint density at radius 1 is 1.40 bits per heavy atom. The Morgan fingerprint density at radius 3 is 2.80 bits per heavy atom. The Morgan fingerprint density at radius 2 is 2.13 bits per heavy atom. The number of benzene rings is 1. The number of imidazole rings is 1. The minimum Gasteiger partial charge on any atom is -0.369 e. The highest BCUT2D eigenvalue weighted by atomic mass is 19.3. The summed E-state index contributed by atoms with van der Waals surface area (Å²) in [6.45, 7) is -0.578. The smallest absolute Gasteiger partial charge is 0.256 e. The zero-order valence-corrected chi connectivity index (χ0v) is 7.62. The van der Waals surface area contributed by atoms with Crippen molar-refractivity contribution in [2.24, 2.45) is 0 Å². The Bertz CT molecular complexity index is 493. The van der Waals surface area contributed by atoms with Crippen LogP contribution in [0.2, 0.25) is 0 Å². The van der Waals surface area contributed by atoms with Gasteiger partial charge >= 0.3 is 0 Å². The zero-order valence-electron chi connectivity index (χ0n) is 7.62. The van der Waals surface area contributed by atoms with Gasteiger partial charge in [0, 0.05) is 0 Å². The number of para-hydroxylation sites is 1. The Balaban J connectivity index is 2.63. The van der Waals surface area contributed by atoms with Gasteiger partial charge in [0.05, 0.1) is 12.1 Å². The first-order chi connectivity index (χ1) is 7.09. The van der Waals surface area contributed by atoms with E-state index in [2.05, 4.69) is 4.98 Å². The number of nitrogens with zero attached hydrogens (tertiary/aromatic N) is 2. The van der Waals surface area contributed by atoms with Crippen molar-refractivity contribution in [2.75, 3.05) is 5.73 Å². The number of fused-ring (bicyclic) bond motifs is 1. The number of hydrogen-bond acceptors (Lipinski definition) is 2. The predicted octanol–water partition coefficient (Wildman–Crippen LogP) is 2.02. The van der Waals surface area contributed by atoms with Crippen molar-refractivity contribution < 1.29 is 13.2 Å². The van der Waals surface area contributed by atoms with E-state index in [-0.39, 0.29) is 17.0 Å². The normalized spacial score (nSPS) is 11.5. The average molecular weight is 215 g/mol. The van der Waals surface area contributed by atoms with Gasteiger partial charge in [0.15, 0.2) is 5.82 Å². The molecule has 0 aliphatic heterocycles. The monoisotopic (exact) mass is 215 g/mol. The van der Waals surface area contributed by atoms with Gasteiger partial charge in [0.2, 0.25) is 5.95 Å². The van der Waals surface area contributed by atoms with Crippen molar-refractivity contribution in [2.45, 2.75) is 13.0 Å². The molecule has 0 unspecified atom stereocenters.